The Balaban J connectivity index is 1.65. The van der Waals surface area contributed by atoms with Gasteiger partial charge in [0.05, 0.1) is 6.61 Å². The SMILES string of the molecule is CCCCCOc1cc2c(ccc3c4cc5ccccc5cc4ccc23)o1. The van der Waals surface area contributed by atoms with Crippen molar-refractivity contribution in [3.8, 4) is 5.95 Å². The van der Waals surface area contributed by atoms with Gasteiger partial charge in [0.2, 0.25) is 0 Å². The molecule has 5 rings (SSSR count). The van der Waals surface area contributed by atoms with Gasteiger partial charge in [-0.25, -0.2) is 0 Å². The second-order valence-corrected chi connectivity index (χ2v) is 7.18. The number of benzene rings is 4. The third kappa shape index (κ3) is 2.82. The molecule has 0 N–H and O–H groups in total. The number of ether oxygens (including phenoxy) is 1. The van der Waals surface area contributed by atoms with Gasteiger partial charge in [-0.3, -0.25) is 0 Å². The van der Waals surface area contributed by atoms with Gasteiger partial charge in [-0.1, -0.05) is 62.2 Å². The van der Waals surface area contributed by atoms with Crippen LogP contribution in [0.3, 0.4) is 0 Å². The average molecular weight is 354 g/mol. The quantitative estimate of drug-likeness (QED) is 0.186. The van der Waals surface area contributed by atoms with Crippen LogP contribution in [0.5, 0.6) is 5.95 Å². The van der Waals surface area contributed by atoms with Crippen LogP contribution in [0.1, 0.15) is 26.2 Å². The first kappa shape index (κ1) is 16.2. The van der Waals surface area contributed by atoms with E-state index in [0.717, 1.165) is 17.4 Å². The third-order valence-electron chi connectivity index (χ3n) is 5.35. The molecule has 0 fully saturated rings. The van der Waals surface area contributed by atoms with Crippen molar-refractivity contribution in [3.63, 3.8) is 0 Å². The van der Waals surface area contributed by atoms with Crippen LogP contribution in [0.2, 0.25) is 0 Å². The molecule has 0 atom stereocenters. The maximum atomic E-state index is 5.92. The minimum Gasteiger partial charge on any atom is -0.465 e. The van der Waals surface area contributed by atoms with Crippen LogP contribution >= 0.6 is 0 Å². The standard InChI is InChI=1S/C25H22O2/c1-2-3-6-13-26-25-16-23-21-10-9-19-14-17-7-4-5-8-18(17)15-22(19)20(21)11-12-24(23)27-25/h4-5,7-12,14-16H,2-3,6,13H2,1H3. The Kier molecular flexibility index (Phi) is 3.97. The van der Waals surface area contributed by atoms with Crippen LogP contribution in [-0.4, -0.2) is 6.61 Å². The Morgan fingerprint density at radius 3 is 2.33 bits per heavy atom. The second-order valence-electron chi connectivity index (χ2n) is 7.18. The smallest absolute Gasteiger partial charge is 0.285 e. The molecule has 0 saturated carbocycles. The lowest BCUT2D eigenvalue weighted by atomic mass is 9.97. The molecule has 0 spiro atoms. The van der Waals surface area contributed by atoms with Crippen LogP contribution in [0.15, 0.2) is 71.1 Å². The highest BCUT2D eigenvalue weighted by atomic mass is 16.6. The summed E-state index contributed by atoms with van der Waals surface area (Å²) >= 11 is 0. The summed E-state index contributed by atoms with van der Waals surface area (Å²) in [6.07, 6.45) is 3.44. The van der Waals surface area contributed by atoms with E-state index in [1.807, 2.05) is 6.07 Å². The van der Waals surface area contributed by atoms with Crippen LogP contribution < -0.4 is 4.74 Å². The van der Waals surface area contributed by atoms with Gasteiger partial charge < -0.3 is 9.15 Å². The van der Waals surface area contributed by atoms with Crippen molar-refractivity contribution in [2.75, 3.05) is 6.61 Å². The number of fused-ring (bicyclic) bond motifs is 6. The van der Waals surface area contributed by atoms with Gasteiger partial charge in [-0.05, 0) is 56.9 Å². The Hall–Kier alpha value is -3.00. The third-order valence-corrected chi connectivity index (χ3v) is 5.35. The topological polar surface area (TPSA) is 22.4 Å². The lowest BCUT2D eigenvalue weighted by molar-refractivity contribution is 0.243. The predicted octanol–water partition coefficient (Wildman–Crippen LogP) is 7.46. The molecule has 0 aliphatic rings. The minimum atomic E-state index is 0.618. The molecule has 0 saturated heterocycles. The number of furan rings is 1. The first-order chi connectivity index (χ1) is 13.3. The van der Waals surface area contributed by atoms with E-state index < -0.39 is 0 Å². The summed E-state index contributed by atoms with van der Waals surface area (Å²) < 4.78 is 11.7. The van der Waals surface area contributed by atoms with Crippen LogP contribution in [-0.2, 0) is 0 Å². The fourth-order valence-corrected chi connectivity index (χ4v) is 3.92. The molecule has 0 bridgehead atoms. The summed E-state index contributed by atoms with van der Waals surface area (Å²) in [6.45, 7) is 2.90. The number of hydrogen-bond donors (Lipinski definition) is 0. The molecule has 2 nitrogen and oxygen atoms in total. The first-order valence-electron chi connectivity index (χ1n) is 9.74. The fourth-order valence-electron chi connectivity index (χ4n) is 3.92. The summed E-state index contributed by atoms with van der Waals surface area (Å²) in [7, 11) is 0. The summed E-state index contributed by atoms with van der Waals surface area (Å²) in [6, 6.07) is 23.8. The Bertz CT molecular complexity index is 1260. The largest absolute Gasteiger partial charge is 0.465 e. The van der Waals surface area contributed by atoms with Gasteiger partial charge in [-0.2, -0.15) is 0 Å². The molecule has 2 heteroatoms. The normalized spacial score (nSPS) is 11.7. The Morgan fingerprint density at radius 2 is 1.48 bits per heavy atom. The van der Waals surface area contributed by atoms with Crippen molar-refractivity contribution in [2.45, 2.75) is 26.2 Å². The highest BCUT2D eigenvalue weighted by Gasteiger charge is 2.11. The molecular weight excluding hydrogens is 332 g/mol. The zero-order chi connectivity index (χ0) is 18.2. The molecule has 27 heavy (non-hydrogen) atoms. The summed E-state index contributed by atoms with van der Waals surface area (Å²) in [4.78, 5) is 0. The van der Waals surface area contributed by atoms with Gasteiger partial charge in [-0.15, -0.1) is 0 Å². The predicted molar refractivity (Wildman–Crippen MR) is 114 cm³/mol. The van der Waals surface area contributed by atoms with Crippen molar-refractivity contribution < 1.29 is 9.15 Å². The van der Waals surface area contributed by atoms with Gasteiger partial charge in [0.1, 0.15) is 5.58 Å². The molecule has 0 aliphatic carbocycles. The van der Waals surface area contributed by atoms with E-state index >= 15 is 0 Å². The van der Waals surface area contributed by atoms with Gasteiger partial charge in [0, 0.05) is 11.5 Å². The summed E-state index contributed by atoms with van der Waals surface area (Å²) in [5.41, 5.74) is 0.883. The lowest BCUT2D eigenvalue weighted by Gasteiger charge is -2.07. The summed E-state index contributed by atoms with van der Waals surface area (Å²) in [5.74, 6) is 0.618. The van der Waals surface area contributed by atoms with E-state index in [2.05, 4.69) is 67.6 Å². The zero-order valence-corrected chi connectivity index (χ0v) is 15.5. The number of rotatable bonds is 5. The summed E-state index contributed by atoms with van der Waals surface area (Å²) in [5, 5.41) is 8.67. The molecule has 0 unspecified atom stereocenters. The average Bonchev–Trinajstić information content (AvgIpc) is 3.13. The van der Waals surface area contributed by atoms with E-state index in [4.69, 9.17) is 9.15 Å². The van der Waals surface area contributed by atoms with Crippen molar-refractivity contribution >= 4 is 43.3 Å². The maximum absolute atomic E-state index is 5.92. The molecule has 1 aromatic heterocycles. The van der Waals surface area contributed by atoms with Crippen LogP contribution in [0, 0.1) is 0 Å². The van der Waals surface area contributed by atoms with E-state index in [1.165, 1.54) is 45.2 Å². The monoisotopic (exact) mass is 354 g/mol. The van der Waals surface area contributed by atoms with E-state index in [9.17, 15) is 0 Å². The molecule has 134 valence electrons. The molecule has 5 aromatic rings. The second kappa shape index (κ2) is 6.62. The van der Waals surface area contributed by atoms with Gasteiger partial charge in [0.15, 0.2) is 0 Å². The number of hydrogen-bond acceptors (Lipinski definition) is 2. The molecular formula is C25H22O2. The van der Waals surface area contributed by atoms with E-state index in [0.29, 0.717) is 12.6 Å². The Morgan fingerprint density at radius 1 is 0.704 bits per heavy atom. The molecule has 4 aromatic carbocycles. The molecule has 0 aliphatic heterocycles. The molecule has 0 radical (unpaired) electrons. The van der Waals surface area contributed by atoms with E-state index in [-0.39, 0.29) is 0 Å². The van der Waals surface area contributed by atoms with Crippen LogP contribution in [0.4, 0.5) is 0 Å². The number of unbranched alkanes of at least 4 members (excludes halogenated alkanes) is 2. The van der Waals surface area contributed by atoms with Gasteiger partial charge >= 0.3 is 0 Å². The van der Waals surface area contributed by atoms with Crippen molar-refractivity contribution in [1.29, 1.82) is 0 Å². The molecule has 0 amide bonds. The van der Waals surface area contributed by atoms with Gasteiger partial charge in [0.25, 0.3) is 5.95 Å². The van der Waals surface area contributed by atoms with Crippen molar-refractivity contribution in [2.24, 2.45) is 0 Å². The first-order valence-corrected chi connectivity index (χ1v) is 9.74. The lowest BCUT2D eigenvalue weighted by Crippen LogP contribution is -1.95. The van der Waals surface area contributed by atoms with Crippen molar-refractivity contribution in [1.82, 2.24) is 0 Å². The fraction of sp³-hybridized carbons (Fsp3) is 0.200. The maximum Gasteiger partial charge on any atom is 0.285 e. The zero-order valence-electron chi connectivity index (χ0n) is 15.5. The van der Waals surface area contributed by atoms with Crippen LogP contribution in [0.25, 0.3) is 43.3 Å². The molecule has 1 heterocycles. The highest BCUT2D eigenvalue weighted by molar-refractivity contribution is 6.18. The Labute approximate surface area is 158 Å². The minimum absolute atomic E-state index is 0.618. The van der Waals surface area contributed by atoms with Crippen molar-refractivity contribution in [3.05, 3.63) is 66.7 Å². The van der Waals surface area contributed by atoms with E-state index in [1.54, 1.807) is 0 Å². The highest BCUT2D eigenvalue weighted by Crippen LogP contribution is 2.36.